The van der Waals surface area contributed by atoms with Gasteiger partial charge in [-0.15, -0.1) is 11.3 Å². The van der Waals surface area contributed by atoms with E-state index in [9.17, 15) is 13.2 Å². The van der Waals surface area contributed by atoms with Gasteiger partial charge in [-0.05, 0) is 36.4 Å². The largest absolute Gasteiger partial charge is 0.493 e. The maximum atomic E-state index is 13.0. The Morgan fingerprint density at radius 1 is 0.970 bits per heavy atom. The number of rotatable bonds is 8. The summed E-state index contributed by atoms with van der Waals surface area (Å²) in [7, 11) is -1.14. The number of thiazole rings is 1. The van der Waals surface area contributed by atoms with E-state index in [1.165, 1.54) is 55.9 Å². The molecule has 10 heteroatoms. The van der Waals surface area contributed by atoms with Crippen LogP contribution in [0.25, 0.3) is 10.2 Å². The maximum Gasteiger partial charge on any atom is 0.340 e. The third-order valence-electron chi connectivity index (χ3n) is 4.72. The Kier molecular flexibility index (Phi) is 6.47. The quantitative estimate of drug-likeness (QED) is 0.368. The lowest BCUT2D eigenvalue weighted by Gasteiger charge is -2.13. The number of esters is 1. The number of nitrogens with one attached hydrogen (secondary N) is 1. The van der Waals surface area contributed by atoms with Crippen molar-refractivity contribution in [2.75, 3.05) is 18.9 Å². The second-order valence-electron chi connectivity index (χ2n) is 6.82. The highest BCUT2D eigenvalue weighted by Crippen LogP contribution is 2.31. The zero-order valence-electron chi connectivity index (χ0n) is 17.8. The number of carbonyl (C=O) groups is 1. The third kappa shape index (κ3) is 4.91. The van der Waals surface area contributed by atoms with Gasteiger partial charge in [0.25, 0.3) is 10.0 Å². The van der Waals surface area contributed by atoms with Gasteiger partial charge in [0.15, 0.2) is 11.5 Å². The SMILES string of the molecule is COc1ccc(S(=O)(=O)Nc2ccccc2C(=O)OCc2nc3ccccc3s2)cc1OC. The van der Waals surface area contributed by atoms with Gasteiger partial charge in [0, 0.05) is 6.07 Å². The molecule has 1 aromatic heterocycles. The van der Waals surface area contributed by atoms with Crippen molar-refractivity contribution in [3.63, 3.8) is 0 Å². The van der Waals surface area contributed by atoms with E-state index in [4.69, 9.17) is 14.2 Å². The molecular formula is C23H20N2O6S2. The number of para-hydroxylation sites is 2. The second kappa shape index (κ2) is 9.47. The van der Waals surface area contributed by atoms with Crippen molar-refractivity contribution in [2.45, 2.75) is 11.5 Å². The summed E-state index contributed by atoms with van der Waals surface area (Å²) in [5, 5.41) is 0.646. The molecule has 0 unspecified atom stereocenters. The van der Waals surface area contributed by atoms with Gasteiger partial charge in [-0.3, -0.25) is 4.72 Å². The van der Waals surface area contributed by atoms with E-state index in [1.807, 2.05) is 24.3 Å². The Balaban J connectivity index is 1.53. The van der Waals surface area contributed by atoms with Crippen LogP contribution >= 0.6 is 11.3 Å². The van der Waals surface area contributed by atoms with E-state index in [0.717, 1.165) is 10.2 Å². The average molecular weight is 485 g/mol. The molecule has 33 heavy (non-hydrogen) atoms. The van der Waals surface area contributed by atoms with Crippen LogP contribution in [0.4, 0.5) is 5.69 Å². The van der Waals surface area contributed by atoms with Crippen molar-refractivity contribution >= 4 is 43.2 Å². The average Bonchev–Trinajstić information content (AvgIpc) is 3.25. The highest BCUT2D eigenvalue weighted by molar-refractivity contribution is 7.92. The first-order chi connectivity index (χ1) is 15.9. The molecule has 0 aliphatic rings. The van der Waals surface area contributed by atoms with Crippen LogP contribution in [0, 0.1) is 0 Å². The molecule has 0 spiro atoms. The number of carbonyl (C=O) groups excluding carboxylic acids is 1. The minimum atomic E-state index is -4.01. The normalized spacial score (nSPS) is 11.2. The van der Waals surface area contributed by atoms with Crippen molar-refractivity contribution in [3.05, 3.63) is 77.3 Å². The molecule has 0 fully saturated rings. The van der Waals surface area contributed by atoms with Crippen LogP contribution in [0.5, 0.6) is 11.5 Å². The number of hydrogen-bond acceptors (Lipinski definition) is 8. The minimum Gasteiger partial charge on any atom is -0.493 e. The fourth-order valence-electron chi connectivity index (χ4n) is 3.12. The van der Waals surface area contributed by atoms with Gasteiger partial charge >= 0.3 is 5.97 Å². The van der Waals surface area contributed by atoms with Gasteiger partial charge < -0.3 is 14.2 Å². The van der Waals surface area contributed by atoms with E-state index in [2.05, 4.69) is 9.71 Å². The van der Waals surface area contributed by atoms with Crippen molar-refractivity contribution in [3.8, 4) is 11.5 Å². The summed E-state index contributed by atoms with van der Waals surface area (Å²) in [6.07, 6.45) is 0. The molecule has 4 rings (SSSR count). The predicted molar refractivity (Wildman–Crippen MR) is 126 cm³/mol. The zero-order chi connectivity index (χ0) is 23.4. The number of anilines is 1. The summed E-state index contributed by atoms with van der Waals surface area (Å²) < 4.78 is 45.1. The van der Waals surface area contributed by atoms with Gasteiger partial charge in [0.1, 0.15) is 11.6 Å². The van der Waals surface area contributed by atoms with Gasteiger partial charge in [0.05, 0.1) is 40.6 Å². The van der Waals surface area contributed by atoms with Gasteiger partial charge in [0.2, 0.25) is 0 Å². The second-order valence-corrected chi connectivity index (χ2v) is 9.62. The molecule has 0 saturated heterocycles. The van der Waals surface area contributed by atoms with Crippen LogP contribution in [0.2, 0.25) is 0 Å². The monoisotopic (exact) mass is 484 g/mol. The molecule has 0 aliphatic carbocycles. The fourth-order valence-corrected chi connectivity index (χ4v) is 5.10. The van der Waals surface area contributed by atoms with Crippen LogP contribution < -0.4 is 14.2 Å². The van der Waals surface area contributed by atoms with Crippen LogP contribution in [0.15, 0.2) is 71.6 Å². The summed E-state index contributed by atoms with van der Waals surface area (Å²) >= 11 is 1.43. The molecule has 170 valence electrons. The lowest BCUT2D eigenvalue weighted by atomic mass is 10.2. The van der Waals surface area contributed by atoms with Crippen molar-refractivity contribution in [1.82, 2.24) is 4.98 Å². The lowest BCUT2D eigenvalue weighted by molar-refractivity contribution is 0.0474. The molecule has 0 bridgehead atoms. The molecule has 0 aliphatic heterocycles. The van der Waals surface area contributed by atoms with E-state index in [1.54, 1.807) is 12.1 Å². The van der Waals surface area contributed by atoms with Gasteiger partial charge in [-0.1, -0.05) is 24.3 Å². The molecule has 1 heterocycles. The van der Waals surface area contributed by atoms with Crippen LogP contribution in [-0.4, -0.2) is 33.6 Å². The van der Waals surface area contributed by atoms with Crippen LogP contribution in [0.1, 0.15) is 15.4 Å². The lowest BCUT2D eigenvalue weighted by Crippen LogP contribution is -2.16. The fraction of sp³-hybridized carbons (Fsp3) is 0.130. The molecule has 4 aromatic rings. The standard InChI is InChI=1S/C23H20N2O6S2/c1-29-19-12-11-15(13-20(19)30-2)33(27,28)25-17-8-4-3-7-16(17)23(26)31-14-22-24-18-9-5-6-10-21(18)32-22/h3-13,25H,14H2,1-2H3. The number of fused-ring (bicyclic) bond motifs is 1. The van der Waals surface area contributed by atoms with Crippen molar-refractivity contribution < 1.29 is 27.4 Å². The Bertz CT molecular complexity index is 1380. The number of ether oxygens (including phenoxy) is 3. The van der Waals surface area contributed by atoms with E-state index >= 15 is 0 Å². The topological polar surface area (TPSA) is 104 Å². The van der Waals surface area contributed by atoms with Crippen molar-refractivity contribution in [1.29, 1.82) is 0 Å². The number of sulfonamides is 1. The Hall–Kier alpha value is -3.63. The van der Waals surface area contributed by atoms with Crippen LogP contribution in [-0.2, 0) is 21.4 Å². The Labute approximate surface area is 194 Å². The number of benzene rings is 3. The number of aromatic nitrogens is 1. The van der Waals surface area contributed by atoms with Gasteiger partial charge in [-0.25, -0.2) is 18.2 Å². The van der Waals surface area contributed by atoms with E-state index < -0.39 is 16.0 Å². The first kappa shape index (κ1) is 22.6. The first-order valence-electron chi connectivity index (χ1n) is 9.76. The minimum absolute atomic E-state index is 0.0189. The Morgan fingerprint density at radius 3 is 2.45 bits per heavy atom. The molecule has 8 nitrogen and oxygen atoms in total. The summed E-state index contributed by atoms with van der Waals surface area (Å²) in [6.45, 7) is -0.0189. The molecule has 0 amide bonds. The van der Waals surface area contributed by atoms with Crippen LogP contribution in [0.3, 0.4) is 0 Å². The first-order valence-corrected chi connectivity index (χ1v) is 12.1. The van der Waals surface area contributed by atoms with E-state index in [0.29, 0.717) is 10.8 Å². The smallest absolute Gasteiger partial charge is 0.340 e. The molecule has 0 radical (unpaired) electrons. The predicted octanol–water partition coefficient (Wildman–Crippen LogP) is 4.47. The summed E-state index contributed by atoms with van der Waals surface area (Å²) in [5.74, 6) is -0.000882. The Morgan fingerprint density at radius 2 is 1.70 bits per heavy atom. The molecule has 3 aromatic carbocycles. The third-order valence-corrected chi connectivity index (χ3v) is 7.09. The summed E-state index contributed by atoms with van der Waals surface area (Å²) in [4.78, 5) is 17.1. The molecule has 0 atom stereocenters. The van der Waals surface area contributed by atoms with E-state index in [-0.39, 0.29) is 28.5 Å². The highest BCUT2D eigenvalue weighted by Gasteiger charge is 2.21. The molecule has 1 N–H and O–H groups in total. The van der Waals surface area contributed by atoms with Crippen molar-refractivity contribution in [2.24, 2.45) is 0 Å². The number of hydrogen-bond donors (Lipinski definition) is 1. The maximum absolute atomic E-state index is 13.0. The number of methoxy groups -OCH3 is 2. The van der Waals surface area contributed by atoms with Gasteiger partial charge in [-0.2, -0.15) is 0 Å². The number of nitrogens with zero attached hydrogens (tertiary/aromatic N) is 1. The summed E-state index contributed by atoms with van der Waals surface area (Å²) in [5.41, 5.74) is 1.01. The molecule has 0 saturated carbocycles. The highest BCUT2D eigenvalue weighted by atomic mass is 32.2. The molecular weight excluding hydrogens is 464 g/mol. The summed E-state index contributed by atoms with van der Waals surface area (Å²) in [6, 6.07) is 18.1. The zero-order valence-corrected chi connectivity index (χ0v) is 19.4.